The van der Waals surface area contributed by atoms with Gasteiger partial charge in [0.1, 0.15) is 6.04 Å². The van der Waals surface area contributed by atoms with Crippen LogP contribution < -0.4 is 10.2 Å². The van der Waals surface area contributed by atoms with Gasteiger partial charge in [-0.2, -0.15) is 0 Å². The first-order valence-electron chi connectivity index (χ1n) is 7.42. The minimum atomic E-state index is -0.390. The van der Waals surface area contributed by atoms with Gasteiger partial charge >= 0.3 is 0 Å². The molecule has 20 heavy (non-hydrogen) atoms. The lowest BCUT2D eigenvalue weighted by Gasteiger charge is -2.25. The molecule has 1 saturated carbocycles. The van der Waals surface area contributed by atoms with Gasteiger partial charge in [-0.1, -0.05) is 25.5 Å². The van der Waals surface area contributed by atoms with Crippen LogP contribution in [0.4, 0.5) is 5.69 Å². The Kier molecular flexibility index (Phi) is 3.47. The minimum absolute atomic E-state index is 0.0389. The lowest BCUT2D eigenvalue weighted by Crippen LogP contribution is -2.46. The van der Waals surface area contributed by atoms with Crippen LogP contribution >= 0.6 is 0 Å². The molecule has 1 fully saturated rings. The van der Waals surface area contributed by atoms with E-state index in [1.807, 2.05) is 30.0 Å². The van der Waals surface area contributed by atoms with E-state index in [0.717, 1.165) is 18.7 Å². The van der Waals surface area contributed by atoms with E-state index in [-0.39, 0.29) is 11.8 Å². The molecule has 1 aromatic rings. The van der Waals surface area contributed by atoms with Gasteiger partial charge in [0.15, 0.2) is 0 Å². The van der Waals surface area contributed by atoms with Crippen molar-refractivity contribution in [2.45, 2.75) is 38.6 Å². The molecule has 3 rings (SSSR count). The number of carbonyl (C=O) groups is 2. The minimum Gasteiger partial charge on any atom is -0.340 e. The third-order valence-corrected chi connectivity index (χ3v) is 4.02. The van der Waals surface area contributed by atoms with E-state index in [0.29, 0.717) is 17.9 Å². The van der Waals surface area contributed by atoms with Crippen LogP contribution in [-0.2, 0) is 4.79 Å². The second kappa shape index (κ2) is 5.27. The van der Waals surface area contributed by atoms with Crippen LogP contribution in [0.3, 0.4) is 0 Å². The highest BCUT2D eigenvalue weighted by molar-refractivity contribution is 6.10. The summed E-state index contributed by atoms with van der Waals surface area (Å²) in [6, 6.07) is 7.02. The fraction of sp³-hybridized carbons (Fsp3) is 0.500. The maximum atomic E-state index is 12.7. The summed E-state index contributed by atoms with van der Waals surface area (Å²) in [5.74, 6) is 0.505. The van der Waals surface area contributed by atoms with Gasteiger partial charge in [0.05, 0.1) is 11.3 Å². The van der Waals surface area contributed by atoms with Crippen LogP contribution in [-0.4, -0.2) is 24.4 Å². The van der Waals surface area contributed by atoms with Crippen LogP contribution in [0.15, 0.2) is 24.3 Å². The Morgan fingerprint density at radius 1 is 1.25 bits per heavy atom. The van der Waals surface area contributed by atoms with Gasteiger partial charge < -0.3 is 10.2 Å². The average Bonchev–Trinajstić information content (AvgIpc) is 3.27. The van der Waals surface area contributed by atoms with Gasteiger partial charge in [0, 0.05) is 6.54 Å². The summed E-state index contributed by atoms with van der Waals surface area (Å²) in [7, 11) is 0. The highest BCUT2D eigenvalue weighted by atomic mass is 16.2. The topological polar surface area (TPSA) is 49.4 Å². The van der Waals surface area contributed by atoms with Crippen LogP contribution in [0.25, 0.3) is 0 Å². The Hall–Kier alpha value is -1.84. The maximum Gasteiger partial charge on any atom is 0.254 e. The van der Waals surface area contributed by atoms with E-state index in [4.69, 9.17) is 0 Å². The normalized spacial score (nSPS) is 22.2. The molecule has 1 heterocycles. The Bertz CT molecular complexity index is 537. The molecule has 1 atom stereocenters. The molecule has 106 valence electrons. The van der Waals surface area contributed by atoms with Gasteiger partial charge in [-0.15, -0.1) is 0 Å². The molecular formula is C16H20N2O2. The van der Waals surface area contributed by atoms with Crippen molar-refractivity contribution in [2.75, 3.05) is 11.4 Å². The molecule has 2 aliphatic rings. The van der Waals surface area contributed by atoms with Crippen molar-refractivity contribution in [2.24, 2.45) is 5.92 Å². The first-order chi connectivity index (χ1) is 9.70. The van der Waals surface area contributed by atoms with E-state index >= 15 is 0 Å². The lowest BCUT2D eigenvalue weighted by atomic mass is 10.1. The number of anilines is 1. The highest BCUT2D eigenvalue weighted by Crippen LogP contribution is 2.34. The molecule has 1 unspecified atom stereocenters. The smallest absolute Gasteiger partial charge is 0.254 e. The predicted octanol–water partition coefficient (Wildman–Crippen LogP) is 2.34. The second-order valence-corrected chi connectivity index (χ2v) is 5.72. The van der Waals surface area contributed by atoms with Gasteiger partial charge in [-0.25, -0.2) is 0 Å². The Morgan fingerprint density at radius 3 is 2.70 bits per heavy atom. The van der Waals surface area contributed by atoms with Crippen LogP contribution in [0.5, 0.6) is 0 Å². The number of hydrogen-bond acceptors (Lipinski definition) is 2. The SMILES string of the molecule is CCCC1NC(=O)c2ccccc2N(CC2CC2)C1=O. The number of nitrogens with zero attached hydrogens (tertiary/aromatic N) is 1. The molecule has 1 N–H and O–H groups in total. The maximum absolute atomic E-state index is 12.7. The zero-order valence-electron chi connectivity index (χ0n) is 11.8. The summed E-state index contributed by atoms with van der Waals surface area (Å²) in [5.41, 5.74) is 1.38. The van der Waals surface area contributed by atoms with E-state index < -0.39 is 6.04 Å². The number of nitrogens with one attached hydrogen (secondary N) is 1. The summed E-state index contributed by atoms with van der Waals surface area (Å²) in [5, 5.41) is 2.88. The molecule has 0 saturated heterocycles. The summed E-state index contributed by atoms with van der Waals surface area (Å²) in [6.45, 7) is 2.77. The monoisotopic (exact) mass is 272 g/mol. The van der Waals surface area contributed by atoms with Crippen molar-refractivity contribution >= 4 is 17.5 Å². The second-order valence-electron chi connectivity index (χ2n) is 5.72. The Morgan fingerprint density at radius 2 is 2.00 bits per heavy atom. The molecule has 2 amide bonds. The molecule has 1 aromatic carbocycles. The number of carbonyl (C=O) groups excluding carboxylic acids is 2. The molecule has 1 aliphatic heterocycles. The van der Waals surface area contributed by atoms with E-state index in [9.17, 15) is 9.59 Å². The van der Waals surface area contributed by atoms with E-state index in [2.05, 4.69) is 5.32 Å². The summed E-state index contributed by atoms with van der Waals surface area (Å²) in [4.78, 5) is 26.8. The van der Waals surface area contributed by atoms with Gasteiger partial charge in [0.25, 0.3) is 5.91 Å². The highest BCUT2D eigenvalue weighted by Gasteiger charge is 2.36. The summed E-state index contributed by atoms with van der Waals surface area (Å²) < 4.78 is 0. The van der Waals surface area contributed by atoms with Crippen LogP contribution in [0.1, 0.15) is 43.0 Å². The largest absolute Gasteiger partial charge is 0.340 e. The quantitative estimate of drug-likeness (QED) is 0.914. The zero-order chi connectivity index (χ0) is 14.1. The average molecular weight is 272 g/mol. The Labute approximate surface area is 119 Å². The molecule has 4 nitrogen and oxygen atoms in total. The fourth-order valence-corrected chi connectivity index (χ4v) is 2.74. The molecule has 0 spiro atoms. The third kappa shape index (κ3) is 2.42. The van der Waals surface area contributed by atoms with Crippen molar-refractivity contribution in [3.63, 3.8) is 0 Å². The van der Waals surface area contributed by atoms with Crippen molar-refractivity contribution < 1.29 is 9.59 Å². The zero-order valence-corrected chi connectivity index (χ0v) is 11.8. The van der Waals surface area contributed by atoms with Crippen molar-refractivity contribution in [1.29, 1.82) is 0 Å². The Balaban J connectivity index is 1.99. The first-order valence-corrected chi connectivity index (χ1v) is 7.42. The fourth-order valence-electron chi connectivity index (χ4n) is 2.74. The van der Waals surface area contributed by atoms with E-state index in [1.54, 1.807) is 6.07 Å². The number of para-hydroxylation sites is 1. The van der Waals surface area contributed by atoms with Crippen LogP contribution in [0.2, 0.25) is 0 Å². The van der Waals surface area contributed by atoms with Crippen molar-refractivity contribution in [1.82, 2.24) is 5.32 Å². The first kappa shape index (κ1) is 13.2. The number of fused-ring (bicyclic) bond motifs is 1. The molecule has 0 radical (unpaired) electrons. The lowest BCUT2D eigenvalue weighted by molar-refractivity contribution is -0.120. The predicted molar refractivity (Wildman–Crippen MR) is 77.7 cm³/mol. The molecular weight excluding hydrogens is 252 g/mol. The van der Waals surface area contributed by atoms with Gasteiger partial charge in [-0.3, -0.25) is 9.59 Å². The van der Waals surface area contributed by atoms with Crippen molar-refractivity contribution in [3.8, 4) is 0 Å². The van der Waals surface area contributed by atoms with Gasteiger partial charge in [-0.05, 0) is 37.3 Å². The molecule has 4 heteroatoms. The van der Waals surface area contributed by atoms with Crippen LogP contribution in [0, 0.1) is 5.92 Å². The summed E-state index contributed by atoms with van der Waals surface area (Å²) >= 11 is 0. The number of benzene rings is 1. The van der Waals surface area contributed by atoms with E-state index in [1.165, 1.54) is 12.8 Å². The van der Waals surface area contributed by atoms with Crippen molar-refractivity contribution in [3.05, 3.63) is 29.8 Å². The summed E-state index contributed by atoms with van der Waals surface area (Å²) in [6.07, 6.45) is 3.95. The molecule has 0 bridgehead atoms. The standard InChI is InChI=1S/C16H20N2O2/c1-2-5-13-16(20)18(10-11-8-9-11)14-7-4-3-6-12(14)15(19)17-13/h3-4,6-7,11,13H,2,5,8-10H2,1H3,(H,17,19). The molecule has 0 aromatic heterocycles. The number of amides is 2. The van der Waals surface area contributed by atoms with Gasteiger partial charge in [0.2, 0.25) is 5.91 Å². The number of rotatable bonds is 4. The number of hydrogen-bond donors (Lipinski definition) is 1. The molecule has 1 aliphatic carbocycles. The third-order valence-electron chi connectivity index (χ3n) is 4.02.